The topological polar surface area (TPSA) is 96.2 Å². The number of rotatable bonds is 6. The normalized spacial score (nSPS) is 14.4. The van der Waals surface area contributed by atoms with E-state index in [9.17, 15) is 9.59 Å². The smallest absolute Gasteiger partial charge is 0.267 e. The fraction of sp³-hybridized carbons (Fsp3) is 0.318. The highest BCUT2D eigenvalue weighted by atomic mass is 16.2. The van der Waals surface area contributed by atoms with Crippen molar-refractivity contribution in [3.63, 3.8) is 0 Å². The lowest BCUT2D eigenvalue weighted by Crippen LogP contribution is -2.46. The number of nitrogens with one attached hydrogen (secondary N) is 1. The summed E-state index contributed by atoms with van der Waals surface area (Å²) >= 11 is 0. The van der Waals surface area contributed by atoms with Gasteiger partial charge in [0.05, 0.1) is 5.69 Å². The van der Waals surface area contributed by atoms with Crippen LogP contribution in [-0.2, 0) is 17.9 Å². The number of carbonyl (C=O) groups is 1. The van der Waals surface area contributed by atoms with Gasteiger partial charge in [-0.05, 0) is 18.6 Å². The van der Waals surface area contributed by atoms with Crippen LogP contribution in [0.15, 0.2) is 59.7 Å². The number of aromatic nitrogens is 4. The van der Waals surface area contributed by atoms with Gasteiger partial charge in [-0.25, -0.2) is 14.6 Å². The minimum atomic E-state index is -0.363. The van der Waals surface area contributed by atoms with Crippen LogP contribution in [0, 0.1) is 6.92 Å². The van der Waals surface area contributed by atoms with Crippen molar-refractivity contribution in [3.05, 3.63) is 76.5 Å². The van der Waals surface area contributed by atoms with Crippen molar-refractivity contribution < 1.29 is 4.79 Å². The van der Waals surface area contributed by atoms with Crippen LogP contribution in [0.4, 0.5) is 11.6 Å². The van der Waals surface area contributed by atoms with Gasteiger partial charge in [0, 0.05) is 44.9 Å². The highest BCUT2D eigenvalue weighted by Crippen LogP contribution is 2.17. The first kappa shape index (κ1) is 20.7. The van der Waals surface area contributed by atoms with Crippen molar-refractivity contribution in [1.82, 2.24) is 24.6 Å². The van der Waals surface area contributed by atoms with E-state index in [0.717, 1.165) is 43.2 Å². The van der Waals surface area contributed by atoms with E-state index in [2.05, 4.69) is 54.4 Å². The Hall–Kier alpha value is -3.59. The van der Waals surface area contributed by atoms with Gasteiger partial charge in [0.1, 0.15) is 24.5 Å². The van der Waals surface area contributed by atoms with Gasteiger partial charge in [-0.1, -0.05) is 30.3 Å². The summed E-state index contributed by atoms with van der Waals surface area (Å²) in [6, 6.07) is 15.2. The molecule has 0 atom stereocenters. The van der Waals surface area contributed by atoms with E-state index in [1.165, 1.54) is 18.0 Å². The molecular formula is C22H25N7O2. The van der Waals surface area contributed by atoms with Crippen molar-refractivity contribution in [3.8, 4) is 0 Å². The Morgan fingerprint density at radius 1 is 1.03 bits per heavy atom. The largest absolute Gasteiger partial charge is 0.354 e. The molecule has 1 aliphatic heterocycles. The number of hydrogen-bond acceptors (Lipinski definition) is 7. The third-order valence-electron chi connectivity index (χ3n) is 5.16. The Morgan fingerprint density at radius 2 is 1.81 bits per heavy atom. The molecule has 3 aromatic rings. The van der Waals surface area contributed by atoms with Crippen molar-refractivity contribution in [2.75, 3.05) is 36.4 Å². The Labute approximate surface area is 180 Å². The molecule has 1 N–H and O–H groups in total. The lowest BCUT2D eigenvalue weighted by molar-refractivity contribution is -0.117. The highest BCUT2D eigenvalue weighted by Gasteiger charge is 2.19. The monoisotopic (exact) mass is 419 g/mol. The summed E-state index contributed by atoms with van der Waals surface area (Å²) in [7, 11) is 0. The fourth-order valence-electron chi connectivity index (χ4n) is 3.55. The quantitative estimate of drug-likeness (QED) is 0.643. The lowest BCUT2D eigenvalue weighted by atomic mass is 10.2. The maximum Gasteiger partial charge on any atom is 0.267 e. The van der Waals surface area contributed by atoms with Crippen LogP contribution in [-0.4, -0.2) is 56.7 Å². The van der Waals surface area contributed by atoms with Crippen LogP contribution in [0.2, 0.25) is 0 Å². The summed E-state index contributed by atoms with van der Waals surface area (Å²) < 4.78 is 1.14. The van der Waals surface area contributed by atoms with Gasteiger partial charge in [0.2, 0.25) is 5.91 Å². The standard InChI is InChI=1S/C22H25N7O2/c1-17-7-8-22(31)29(26-17)15-21(30)25-19-13-20(24-16-23-19)28-11-9-27(10-12-28)14-18-5-3-2-4-6-18/h2-8,13,16H,9-12,14-15H2,1H3,(H,23,24,25,30). The molecule has 0 unspecified atom stereocenters. The molecule has 0 aliphatic carbocycles. The van der Waals surface area contributed by atoms with Crippen LogP contribution in [0.25, 0.3) is 0 Å². The molecule has 1 fully saturated rings. The fourth-order valence-corrected chi connectivity index (χ4v) is 3.55. The summed E-state index contributed by atoms with van der Waals surface area (Å²) in [5.74, 6) is 0.815. The summed E-state index contributed by atoms with van der Waals surface area (Å²) in [4.78, 5) is 37.3. The molecule has 0 bridgehead atoms. The molecule has 1 aromatic carbocycles. The summed E-state index contributed by atoms with van der Waals surface area (Å²) in [6.45, 7) is 6.10. The number of anilines is 2. The third kappa shape index (κ3) is 5.52. The summed E-state index contributed by atoms with van der Waals surface area (Å²) in [5, 5.41) is 6.81. The van der Waals surface area contributed by atoms with E-state index in [1.54, 1.807) is 19.1 Å². The lowest BCUT2D eigenvalue weighted by Gasteiger charge is -2.35. The van der Waals surface area contributed by atoms with Crippen LogP contribution >= 0.6 is 0 Å². The van der Waals surface area contributed by atoms with E-state index < -0.39 is 0 Å². The van der Waals surface area contributed by atoms with Crippen molar-refractivity contribution in [2.45, 2.75) is 20.0 Å². The van der Waals surface area contributed by atoms with Gasteiger partial charge in [-0.2, -0.15) is 5.10 Å². The predicted molar refractivity (Wildman–Crippen MR) is 118 cm³/mol. The minimum Gasteiger partial charge on any atom is -0.354 e. The second kappa shape index (κ2) is 9.48. The Morgan fingerprint density at radius 3 is 2.58 bits per heavy atom. The van der Waals surface area contributed by atoms with Gasteiger partial charge in [-0.15, -0.1) is 0 Å². The Balaban J connectivity index is 1.33. The molecule has 1 amide bonds. The van der Waals surface area contributed by atoms with Crippen LogP contribution in [0.1, 0.15) is 11.3 Å². The second-order valence-corrected chi connectivity index (χ2v) is 7.53. The van der Waals surface area contributed by atoms with Gasteiger partial charge >= 0.3 is 0 Å². The van der Waals surface area contributed by atoms with Gasteiger partial charge in [-0.3, -0.25) is 14.5 Å². The average Bonchev–Trinajstić information content (AvgIpc) is 2.78. The third-order valence-corrected chi connectivity index (χ3v) is 5.16. The summed E-state index contributed by atoms with van der Waals surface area (Å²) in [5.41, 5.74) is 1.66. The molecule has 0 saturated carbocycles. The Bertz CT molecular complexity index is 1090. The molecule has 4 rings (SSSR count). The van der Waals surface area contributed by atoms with E-state index in [4.69, 9.17) is 0 Å². The summed E-state index contributed by atoms with van der Waals surface area (Å²) in [6.07, 6.45) is 1.44. The zero-order valence-electron chi connectivity index (χ0n) is 17.4. The first-order valence-electron chi connectivity index (χ1n) is 10.2. The van der Waals surface area contributed by atoms with E-state index in [0.29, 0.717) is 11.5 Å². The molecule has 31 heavy (non-hydrogen) atoms. The van der Waals surface area contributed by atoms with Gasteiger partial charge in [0.15, 0.2) is 0 Å². The number of carbonyl (C=O) groups excluding carboxylic acids is 1. The van der Waals surface area contributed by atoms with Crippen LogP contribution in [0.3, 0.4) is 0 Å². The van der Waals surface area contributed by atoms with E-state index in [1.807, 2.05) is 6.07 Å². The number of nitrogens with zero attached hydrogens (tertiary/aromatic N) is 6. The molecule has 9 nitrogen and oxygen atoms in total. The molecule has 160 valence electrons. The minimum absolute atomic E-state index is 0.169. The maximum atomic E-state index is 12.4. The molecule has 1 saturated heterocycles. The maximum absolute atomic E-state index is 12.4. The molecule has 3 heterocycles. The van der Waals surface area contributed by atoms with Crippen molar-refractivity contribution in [1.29, 1.82) is 0 Å². The first-order chi connectivity index (χ1) is 15.1. The van der Waals surface area contributed by atoms with E-state index >= 15 is 0 Å². The van der Waals surface area contributed by atoms with Gasteiger partial charge in [0.25, 0.3) is 5.56 Å². The average molecular weight is 419 g/mol. The molecule has 2 aromatic heterocycles. The molecule has 1 aliphatic rings. The SMILES string of the molecule is Cc1ccc(=O)n(CC(=O)Nc2cc(N3CCN(Cc4ccccc4)CC3)ncn2)n1. The van der Waals surface area contributed by atoms with E-state index in [-0.39, 0.29) is 18.0 Å². The number of hydrogen-bond donors (Lipinski definition) is 1. The highest BCUT2D eigenvalue weighted by molar-refractivity contribution is 5.89. The predicted octanol–water partition coefficient (Wildman–Crippen LogP) is 1.30. The first-order valence-corrected chi connectivity index (χ1v) is 10.2. The Kier molecular flexibility index (Phi) is 6.32. The van der Waals surface area contributed by atoms with Crippen molar-refractivity contribution >= 4 is 17.5 Å². The van der Waals surface area contributed by atoms with Crippen LogP contribution in [0.5, 0.6) is 0 Å². The number of amides is 1. The molecule has 0 spiro atoms. The molecular weight excluding hydrogens is 394 g/mol. The second-order valence-electron chi connectivity index (χ2n) is 7.53. The van der Waals surface area contributed by atoms with Crippen molar-refractivity contribution in [2.24, 2.45) is 0 Å². The number of piperazine rings is 1. The number of benzene rings is 1. The molecule has 0 radical (unpaired) electrons. The van der Waals surface area contributed by atoms with Crippen LogP contribution < -0.4 is 15.8 Å². The zero-order valence-corrected chi connectivity index (χ0v) is 17.4. The zero-order chi connectivity index (χ0) is 21.6. The molecule has 9 heteroatoms. The van der Waals surface area contributed by atoms with Gasteiger partial charge < -0.3 is 10.2 Å². The number of aryl methyl sites for hydroxylation is 1.